The quantitative estimate of drug-likeness (QED) is 0.617. The summed E-state index contributed by atoms with van der Waals surface area (Å²) in [6.45, 7) is 1.53. The first-order chi connectivity index (χ1) is 7.74. The zero-order valence-electron chi connectivity index (χ0n) is 9.13. The molecule has 0 spiro atoms. The van der Waals surface area contributed by atoms with Gasteiger partial charge in [0.15, 0.2) is 0 Å². The van der Waals surface area contributed by atoms with E-state index < -0.39 is 5.79 Å². The first-order valence-electron chi connectivity index (χ1n) is 6.61. The maximum absolute atomic E-state index is 11.4. The van der Waals surface area contributed by atoms with Gasteiger partial charge in [-0.15, -0.1) is 0 Å². The van der Waals surface area contributed by atoms with Crippen molar-refractivity contribution in [2.24, 2.45) is 47.3 Å². The first kappa shape index (κ1) is 7.70. The van der Waals surface area contributed by atoms with Crippen LogP contribution < -0.4 is 0 Å². The van der Waals surface area contributed by atoms with E-state index in [1.807, 2.05) is 0 Å². The van der Waals surface area contributed by atoms with Gasteiger partial charge in [0.2, 0.25) is 5.79 Å². The van der Waals surface area contributed by atoms with Gasteiger partial charge >= 0.3 is 5.97 Å². The largest absolute Gasteiger partial charge is 0.433 e. The van der Waals surface area contributed by atoms with E-state index in [2.05, 4.69) is 0 Å². The minimum absolute atomic E-state index is 0.145. The van der Waals surface area contributed by atoms with Crippen LogP contribution in [0.15, 0.2) is 0 Å². The predicted octanol–water partition coefficient (Wildman–Crippen LogP) is 1.03. The van der Waals surface area contributed by atoms with Crippen molar-refractivity contribution >= 4 is 5.97 Å². The fourth-order valence-electron chi connectivity index (χ4n) is 7.31. The second-order valence-corrected chi connectivity index (χ2v) is 6.82. The van der Waals surface area contributed by atoms with Crippen molar-refractivity contribution in [1.29, 1.82) is 0 Å². The number of esters is 1. The number of carbonyl (C=O) groups is 1. The molecule has 16 heavy (non-hydrogen) atoms. The minimum atomic E-state index is -0.442. The fraction of sp³-hybridized carbons (Fsp3) is 0.923. The lowest BCUT2D eigenvalue weighted by atomic mass is 9.59. The number of hydrogen-bond acceptors (Lipinski definition) is 3. The molecule has 0 aromatic carbocycles. The number of ether oxygens (including phenoxy) is 2. The third-order valence-corrected chi connectivity index (χ3v) is 6.93. The van der Waals surface area contributed by atoms with E-state index in [9.17, 15) is 4.79 Å². The highest BCUT2D eigenvalue weighted by molar-refractivity contribution is 5.67. The van der Waals surface area contributed by atoms with Crippen LogP contribution >= 0.6 is 0 Å². The summed E-state index contributed by atoms with van der Waals surface area (Å²) < 4.78 is 11.9. The molecule has 7 rings (SSSR count). The Kier molecular flexibility index (Phi) is 0.848. The van der Waals surface area contributed by atoms with Crippen molar-refractivity contribution < 1.29 is 14.3 Å². The Balaban J connectivity index is 1.62. The average Bonchev–Trinajstić information content (AvgIpc) is 2.73. The molecule has 5 aliphatic carbocycles. The Bertz CT molecular complexity index is 450. The van der Waals surface area contributed by atoms with Gasteiger partial charge < -0.3 is 9.47 Å². The van der Waals surface area contributed by atoms with Crippen LogP contribution in [-0.4, -0.2) is 17.9 Å². The van der Waals surface area contributed by atoms with Gasteiger partial charge in [-0.25, -0.2) is 0 Å². The van der Waals surface area contributed by atoms with Crippen molar-refractivity contribution in [3.8, 4) is 0 Å². The van der Waals surface area contributed by atoms with Crippen molar-refractivity contribution in [3.63, 3.8) is 0 Å². The van der Waals surface area contributed by atoms with E-state index >= 15 is 0 Å². The SMILES string of the molecule is CC(=O)O[C@@]12O[C@@H]3[C@@H]4[C@@H]5[C@@H]6C[C@@H]([C@H]5[C@H]41)[C@@H]2[C@@H]63. The molecule has 7 aliphatic rings. The van der Waals surface area contributed by atoms with Crippen molar-refractivity contribution in [2.45, 2.75) is 25.2 Å². The van der Waals surface area contributed by atoms with E-state index in [-0.39, 0.29) is 5.97 Å². The molecule has 2 heterocycles. The van der Waals surface area contributed by atoms with Crippen LogP contribution in [0, 0.1) is 47.3 Å². The van der Waals surface area contributed by atoms with Gasteiger partial charge in [-0.2, -0.15) is 0 Å². The summed E-state index contributed by atoms with van der Waals surface area (Å²) in [5, 5.41) is 0. The van der Waals surface area contributed by atoms with Crippen LogP contribution in [0.3, 0.4) is 0 Å². The zero-order valence-corrected chi connectivity index (χ0v) is 9.13. The third-order valence-electron chi connectivity index (χ3n) is 6.93. The Morgan fingerprint density at radius 1 is 1.19 bits per heavy atom. The van der Waals surface area contributed by atoms with Gasteiger partial charge in [-0.3, -0.25) is 4.79 Å². The molecule has 3 heteroatoms. The number of hydrogen-bond donors (Lipinski definition) is 0. The summed E-state index contributed by atoms with van der Waals surface area (Å²) in [5.74, 6) is 5.71. The van der Waals surface area contributed by atoms with E-state index in [1.54, 1.807) is 0 Å². The van der Waals surface area contributed by atoms with Crippen LogP contribution in [0.1, 0.15) is 13.3 Å². The van der Waals surface area contributed by atoms with Crippen LogP contribution in [0.25, 0.3) is 0 Å². The van der Waals surface area contributed by atoms with E-state index in [1.165, 1.54) is 13.3 Å². The maximum atomic E-state index is 11.4. The molecule has 0 amide bonds. The summed E-state index contributed by atoms with van der Waals surface area (Å²) >= 11 is 0. The molecule has 5 saturated carbocycles. The topological polar surface area (TPSA) is 35.5 Å². The van der Waals surface area contributed by atoms with E-state index in [0.29, 0.717) is 17.9 Å². The molecule has 4 bridgehead atoms. The average molecular weight is 218 g/mol. The second-order valence-electron chi connectivity index (χ2n) is 6.82. The highest BCUT2D eigenvalue weighted by Gasteiger charge is 2.94. The van der Waals surface area contributed by atoms with Crippen LogP contribution in [-0.2, 0) is 14.3 Å². The maximum Gasteiger partial charge on any atom is 0.305 e. The predicted molar refractivity (Wildman–Crippen MR) is 51.9 cm³/mol. The fourth-order valence-corrected chi connectivity index (χ4v) is 7.31. The molecule has 10 atom stereocenters. The molecule has 3 nitrogen and oxygen atoms in total. The number of rotatable bonds is 1. The normalized spacial score (nSPS) is 77.7. The molecule has 0 unspecified atom stereocenters. The van der Waals surface area contributed by atoms with Crippen molar-refractivity contribution in [3.05, 3.63) is 0 Å². The summed E-state index contributed by atoms with van der Waals surface area (Å²) in [6, 6.07) is 0. The summed E-state index contributed by atoms with van der Waals surface area (Å²) in [5.41, 5.74) is 0. The third kappa shape index (κ3) is 0.430. The van der Waals surface area contributed by atoms with E-state index in [4.69, 9.17) is 9.47 Å². The van der Waals surface area contributed by atoms with Gasteiger partial charge in [0.25, 0.3) is 0 Å². The summed E-state index contributed by atoms with van der Waals surface area (Å²) in [4.78, 5) is 11.4. The molecule has 0 aromatic rings. The highest BCUT2D eigenvalue weighted by atomic mass is 16.7. The van der Waals surface area contributed by atoms with Crippen molar-refractivity contribution in [1.82, 2.24) is 0 Å². The summed E-state index contributed by atoms with van der Waals surface area (Å²) in [6.07, 6.45) is 1.88. The zero-order chi connectivity index (χ0) is 10.4. The smallest absolute Gasteiger partial charge is 0.305 e. The second kappa shape index (κ2) is 1.76. The molecule has 0 radical (unpaired) electrons. The van der Waals surface area contributed by atoms with Gasteiger partial charge in [0.1, 0.15) is 0 Å². The minimum Gasteiger partial charge on any atom is -0.433 e. The highest BCUT2D eigenvalue weighted by Crippen LogP contribution is 2.90. The summed E-state index contributed by atoms with van der Waals surface area (Å²) in [7, 11) is 0. The van der Waals surface area contributed by atoms with E-state index in [0.717, 1.165) is 35.5 Å². The first-order valence-corrected chi connectivity index (χ1v) is 6.61. The van der Waals surface area contributed by atoms with Gasteiger partial charge in [-0.1, -0.05) is 0 Å². The van der Waals surface area contributed by atoms with Gasteiger partial charge in [0.05, 0.1) is 6.10 Å². The molecular formula is C13H14O3. The lowest BCUT2D eigenvalue weighted by molar-refractivity contribution is -0.228. The van der Waals surface area contributed by atoms with Crippen LogP contribution in [0.4, 0.5) is 0 Å². The Hall–Kier alpha value is -0.570. The molecule has 0 N–H and O–H groups in total. The lowest BCUT2D eigenvalue weighted by Crippen LogP contribution is -2.50. The van der Waals surface area contributed by atoms with Crippen LogP contribution in [0.2, 0.25) is 0 Å². The molecule has 7 fully saturated rings. The van der Waals surface area contributed by atoms with Crippen molar-refractivity contribution in [2.75, 3.05) is 0 Å². The Labute approximate surface area is 93.5 Å². The van der Waals surface area contributed by atoms with Gasteiger partial charge in [-0.05, 0) is 41.9 Å². The molecule has 84 valence electrons. The standard InChI is InChI=1S/C13H14O3/c1-3(14)15-13-10-5-2-4-6-7(5)11(13)9(6)12(16-13)8(4)10/h4-12H,2H2,1H3/t4-,5-,6+,7+,8+,9+,10+,11+,12-,13-/m0/s1. The Morgan fingerprint density at radius 3 is 2.88 bits per heavy atom. The molecular weight excluding hydrogens is 204 g/mol. The monoisotopic (exact) mass is 218 g/mol. The Morgan fingerprint density at radius 2 is 2.06 bits per heavy atom. The molecule has 0 aromatic heterocycles. The molecule has 2 aliphatic heterocycles. The number of carbonyl (C=O) groups excluding carboxylic acids is 1. The molecule has 2 saturated heterocycles. The van der Waals surface area contributed by atoms with Gasteiger partial charge in [0, 0.05) is 18.8 Å². The lowest BCUT2D eigenvalue weighted by Gasteiger charge is -2.44. The van der Waals surface area contributed by atoms with Crippen LogP contribution in [0.5, 0.6) is 0 Å².